The van der Waals surface area contributed by atoms with Crippen LogP contribution >= 0.6 is 0 Å². The quantitative estimate of drug-likeness (QED) is 0.122. The molecule has 1 heterocycles. The zero-order valence-corrected chi connectivity index (χ0v) is 22.7. The van der Waals surface area contributed by atoms with E-state index in [1.165, 1.54) is 154 Å². The standard InChI is InChI=1S/C29H57N2.ClH/c1-3-5-7-9-11-13-15-17-19-21-23-25-30-27-28-31(29-30)26-24-22-20-18-16-14-12-10-8-6-4-2;/h27-29H,3-26H2,1-2H3;1H/q+1;/p-1. The van der Waals surface area contributed by atoms with Gasteiger partial charge in [-0.15, -0.1) is 0 Å². The predicted molar refractivity (Wildman–Crippen MR) is 138 cm³/mol. The maximum Gasteiger partial charge on any atom is 0.243 e. The molecule has 0 N–H and O–H groups in total. The molecule has 0 radical (unpaired) electrons. The molecule has 0 amide bonds. The highest BCUT2D eigenvalue weighted by Gasteiger charge is 2.03. The molecule has 3 heteroatoms. The van der Waals surface area contributed by atoms with Gasteiger partial charge >= 0.3 is 0 Å². The molecule has 32 heavy (non-hydrogen) atoms. The van der Waals surface area contributed by atoms with Gasteiger partial charge in [-0.05, 0) is 25.7 Å². The van der Waals surface area contributed by atoms with E-state index in [1.54, 1.807) is 0 Å². The monoisotopic (exact) mass is 468 g/mol. The van der Waals surface area contributed by atoms with E-state index in [2.05, 4.69) is 41.7 Å². The second-order valence-corrected chi connectivity index (χ2v) is 9.96. The lowest BCUT2D eigenvalue weighted by Crippen LogP contribution is -3.00. The summed E-state index contributed by atoms with van der Waals surface area (Å²) >= 11 is 0. The van der Waals surface area contributed by atoms with Crippen LogP contribution in [0, 0.1) is 0 Å². The van der Waals surface area contributed by atoms with Crippen molar-refractivity contribution >= 4 is 0 Å². The van der Waals surface area contributed by atoms with E-state index >= 15 is 0 Å². The summed E-state index contributed by atoms with van der Waals surface area (Å²) in [6.07, 6.45) is 38.2. The van der Waals surface area contributed by atoms with Crippen molar-refractivity contribution in [1.29, 1.82) is 0 Å². The van der Waals surface area contributed by atoms with Crippen molar-refractivity contribution in [3.05, 3.63) is 18.7 Å². The van der Waals surface area contributed by atoms with E-state index in [4.69, 9.17) is 0 Å². The molecule has 0 aliphatic carbocycles. The van der Waals surface area contributed by atoms with E-state index < -0.39 is 0 Å². The summed E-state index contributed by atoms with van der Waals surface area (Å²) < 4.78 is 4.79. The Morgan fingerprint density at radius 3 is 1.31 bits per heavy atom. The van der Waals surface area contributed by atoms with Gasteiger partial charge in [0.1, 0.15) is 12.4 Å². The lowest BCUT2D eigenvalue weighted by atomic mass is 10.1. The van der Waals surface area contributed by atoms with Gasteiger partial charge in [-0.2, -0.15) is 0 Å². The average Bonchev–Trinajstić information content (AvgIpc) is 3.23. The number of aryl methyl sites for hydroxylation is 2. The molecular weight excluding hydrogens is 412 g/mol. The van der Waals surface area contributed by atoms with E-state index in [1.807, 2.05) is 0 Å². The largest absolute Gasteiger partial charge is 1.00 e. The van der Waals surface area contributed by atoms with E-state index in [0.29, 0.717) is 0 Å². The van der Waals surface area contributed by atoms with Gasteiger partial charge in [0.15, 0.2) is 0 Å². The highest BCUT2D eigenvalue weighted by molar-refractivity contribution is 4.66. The molecule has 1 aromatic rings. The maximum absolute atomic E-state index is 2.40. The second kappa shape index (κ2) is 25.1. The van der Waals surface area contributed by atoms with Crippen LogP contribution in [0.2, 0.25) is 0 Å². The highest BCUT2D eigenvalue weighted by Crippen LogP contribution is 2.12. The SMILES string of the molecule is CCCCCCCCCCCCCn1cc[n+](CCCCCCCCCCCCC)c1.[Cl-]. The van der Waals surface area contributed by atoms with E-state index in [0.717, 1.165) is 0 Å². The lowest BCUT2D eigenvalue weighted by Gasteiger charge is -2.02. The Balaban J connectivity index is 0.00000961. The molecule has 0 unspecified atom stereocenters. The third kappa shape index (κ3) is 20.1. The maximum atomic E-state index is 2.40. The number of nitrogens with zero attached hydrogens (tertiary/aromatic N) is 2. The van der Waals surface area contributed by atoms with Crippen molar-refractivity contribution in [3.8, 4) is 0 Å². The third-order valence-electron chi connectivity index (χ3n) is 6.79. The zero-order chi connectivity index (χ0) is 22.2. The van der Waals surface area contributed by atoms with Crippen LogP contribution in [0.3, 0.4) is 0 Å². The van der Waals surface area contributed by atoms with Crippen LogP contribution in [0.15, 0.2) is 18.7 Å². The fourth-order valence-electron chi connectivity index (χ4n) is 4.62. The number of imidazole rings is 1. The van der Waals surface area contributed by atoms with Gasteiger partial charge in [0.25, 0.3) is 0 Å². The molecule has 0 saturated heterocycles. The van der Waals surface area contributed by atoms with Crippen molar-refractivity contribution in [2.45, 2.75) is 168 Å². The Bertz CT molecular complexity index is 431. The molecule has 190 valence electrons. The molecule has 0 aliphatic rings. The highest BCUT2D eigenvalue weighted by atomic mass is 35.5. The van der Waals surface area contributed by atoms with Crippen LogP contribution < -0.4 is 17.0 Å². The van der Waals surface area contributed by atoms with E-state index in [9.17, 15) is 0 Å². The summed E-state index contributed by atoms with van der Waals surface area (Å²) in [4.78, 5) is 0. The number of hydrogen-bond acceptors (Lipinski definition) is 0. The van der Waals surface area contributed by atoms with Gasteiger partial charge in [-0.3, -0.25) is 0 Å². The average molecular weight is 469 g/mol. The number of halogens is 1. The predicted octanol–water partition coefficient (Wildman–Crippen LogP) is 6.40. The van der Waals surface area contributed by atoms with Crippen molar-refractivity contribution < 1.29 is 17.0 Å². The summed E-state index contributed by atoms with van der Waals surface area (Å²) in [6, 6.07) is 0. The lowest BCUT2D eigenvalue weighted by molar-refractivity contribution is -0.696. The molecule has 0 spiro atoms. The van der Waals surface area contributed by atoms with Crippen LogP contribution in [0.1, 0.15) is 155 Å². The molecule has 1 aromatic heterocycles. The first kappa shape index (κ1) is 31.5. The molecule has 2 nitrogen and oxygen atoms in total. The van der Waals surface area contributed by atoms with Crippen molar-refractivity contribution in [3.63, 3.8) is 0 Å². The molecule has 0 aromatic carbocycles. The summed E-state index contributed by atoms with van der Waals surface area (Å²) in [7, 11) is 0. The second-order valence-electron chi connectivity index (χ2n) is 9.96. The molecule has 0 aliphatic heterocycles. The number of unbranched alkanes of at least 4 members (excludes halogenated alkanes) is 20. The van der Waals surface area contributed by atoms with Crippen LogP contribution in [-0.2, 0) is 13.1 Å². The molecule has 0 atom stereocenters. The minimum atomic E-state index is 0. The molecule has 0 fully saturated rings. The van der Waals surface area contributed by atoms with Gasteiger partial charge in [-0.1, -0.05) is 129 Å². The van der Waals surface area contributed by atoms with Gasteiger partial charge in [0, 0.05) is 0 Å². The minimum absolute atomic E-state index is 0. The molecular formula is C29H57ClN2. The first-order chi connectivity index (χ1) is 15.4. The van der Waals surface area contributed by atoms with Crippen LogP contribution in [0.5, 0.6) is 0 Å². The molecule has 1 rings (SSSR count). The Labute approximate surface area is 208 Å². The first-order valence-electron chi connectivity index (χ1n) is 14.4. The van der Waals surface area contributed by atoms with Gasteiger partial charge in [-0.25, -0.2) is 9.13 Å². The molecule has 0 bridgehead atoms. The fourth-order valence-corrected chi connectivity index (χ4v) is 4.62. The Morgan fingerprint density at radius 2 is 0.875 bits per heavy atom. The fraction of sp³-hybridized carbons (Fsp3) is 0.897. The van der Waals surface area contributed by atoms with Crippen LogP contribution in [-0.4, -0.2) is 4.57 Å². The van der Waals surface area contributed by atoms with Gasteiger partial charge in [0.05, 0.1) is 13.1 Å². The zero-order valence-electron chi connectivity index (χ0n) is 22.0. The summed E-state index contributed by atoms with van der Waals surface area (Å²) in [5, 5.41) is 0. The Kier molecular flexibility index (Phi) is 24.7. The molecule has 0 saturated carbocycles. The Morgan fingerprint density at radius 1 is 0.500 bits per heavy atom. The number of hydrogen-bond donors (Lipinski definition) is 0. The van der Waals surface area contributed by atoms with Crippen molar-refractivity contribution in [2.24, 2.45) is 0 Å². The van der Waals surface area contributed by atoms with Crippen LogP contribution in [0.4, 0.5) is 0 Å². The third-order valence-corrected chi connectivity index (χ3v) is 6.79. The van der Waals surface area contributed by atoms with Gasteiger partial charge in [0.2, 0.25) is 6.33 Å². The minimum Gasteiger partial charge on any atom is -1.00 e. The van der Waals surface area contributed by atoms with Crippen LogP contribution in [0.25, 0.3) is 0 Å². The first-order valence-corrected chi connectivity index (χ1v) is 14.4. The summed E-state index contributed by atoms with van der Waals surface area (Å²) in [6.45, 7) is 6.99. The smallest absolute Gasteiger partial charge is 0.243 e. The summed E-state index contributed by atoms with van der Waals surface area (Å²) in [5.74, 6) is 0. The number of aromatic nitrogens is 2. The van der Waals surface area contributed by atoms with Crippen molar-refractivity contribution in [1.82, 2.24) is 4.57 Å². The van der Waals surface area contributed by atoms with Crippen molar-refractivity contribution in [2.75, 3.05) is 0 Å². The Hall–Kier alpha value is -0.500. The number of rotatable bonds is 24. The van der Waals surface area contributed by atoms with E-state index in [-0.39, 0.29) is 12.4 Å². The topological polar surface area (TPSA) is 8.81 Å². The van der Waals surface area contributed by atoms with Gasteiger partial charge < -0.3 is 12.4 Å². The summed E-state index contributed by atoms with van der Waals surface area (Å²) in [5.41, 5.74) is 0. The normalized spacial score (nSPS) is 11.1.